The lowest BCUT2D eigenvalue weighted by atomic mass is 9.99. The van der Waals surface area contributed by atoms with Gasteiger partial charge >= 0.3 is 5.97 Å². The summed E-state index contributed by atoms with van der Waals surface area (Å²) < 4.78 is 1.99. The Balaban J connectivity index is 2.66. The van der Waals surface area contributed by atoms with Gasteiger partial charge in [-0.1, -0.05) is 6.92 Å². The number of carboxylic acids is 1. The number of aryl methyl sites for hydroxylation is 1. The van der Waals surface area contributed by atoms with Crippen LogP contribution in [0.1, 0.15) is 32.9 Å². The molecule has 90 valence electrons. The highest BCUT2D eigenvalue weighted by molar-refractivity contribution is 5.78. The first-order chi connectivity index (χ1) is 7.53. The summed E-state index contributed by atoms with van der Waals surface area (Å²) in [6.07, 6.45) is 4.05. The highest BCUT2D eigenvalue weighted by Crippen LogP contribution is 2.11. The molecule has 16 heavy (non-hydrogen) atoms. The van der Waals surface area contributed by atoms with E-state index in [0.717, 1.165) is 12.2 Å². The zero-order valence-electron chi connectivity index (χ0n) is 10.0. The van der Waals surface area contributed by atoms with E-state index in [1.165, 1.54) is 0 Å². The van der Waals surface area contributed by atoms with E-state index in [-0.39, 0.29) is 0 Å². The largest absolute Gasteiger partial charge is 0.480 e. The van der Waals surface area contributed by atoms with Gasteiger partial charge in [0.05, 0.1) is 12.0 Å². The van der Waals surface area contributed by atoms with Gasteiger partial charge in [0, 0.05) is 19.3 Å². The minimum atomic E-state index is -0.872. The molecule has 1 rings (SSSR count). The second-order valence-electron chi connectivity index (χ2n) is 4.02. The maximum atomic E-state index is 11.1. The molecule has 5 heteroatoms. The number of nitrogens with one attached hydrogen (secondary N) is 1. The zero-order valence-corrected chi connectivity index (χ0v) is 10.0. The number of carboxylic acid groups (broad SMARTS) is 1. The number of aromatic nitrogens is 2. The predicted molar refractivity (Wildman–Crippen MR) is 61.1 cm³/mol. The Morgan fingerprint density at radius 2 is 2.31 bits per heavy atom. The van der Waals surface area contributed by atoms with Crippen molar-refractivity contribution >= 4 is 5.97 Å². The maximum absolute atomic E-state index is 11.1. The fourth-order valence-corrected chi connectivity index (χ4v) is 1.42. The molecule has 0 bridgehead atoms. The molecule has 0 saturated carbocycles. The van der Waals surface area contributed by atoms with Gasteiger partial charge in [-0.15, -0.1) is 0 Å². The SMILES string of the molecule is CCn1cncc1CNC(C)(CC)C(=O)O. The van der Waals surface area contributed by atoms with Gasteiger partial charge in [0.15, 0.2) is 0 Å². The van der Waals surface area contributed by atoms with Crippen molar-refractivity contribution in [2.24, 2.45) is 0 Å². The molecular weight excluding hydrogens is 206 g/mol. The van der Waals surface area contributed by atoms with Crippen LogP contribution in [0.25, 0.3) is 0 Å². The van der Waals surface area contributed by atoms with Gasteiger partial charge in [0.1, 0.15) is 5.54 Å². The molecule has 1 unspecified atom stereocenters. The lowest BCUT2D eigenvalue weighted by Gasteiger charge is -2.24. The van der Waals surface area contributed by atoms with Gasteiger partial charge in [-0.2, -0.15) is 0 Å². The molecule has 0 aliphatic rings. The number of nitrogens with zero attached hydrogens (tertiary/aromatic N) is 2. The monoisotopic (exact) mass is 225 g/mol. The van der Waals surface area contributed by atoms with Gasteiger partial charge in [-0.05, 0) is 20.3 Å². The first kappa shape index (κ1) is 12.7. The van der Waals surface area contributed by atoms with Crippen LogP contribution in [0.15, 0.2) is 12.5 Å². The molecule has 5 nitrogen and oxygen atoms in total. The summed E-state index contributed by atoms with van der Waals surface area (Å²) in [6, 6.07) is 0. The number of aliphatic carboxylic acids is 1. The third kappa shape index (κ3) is 2.61. The number of carbonyl (C=O) groups is 1. The summed E-state index contributed by atoms with van der Waals surface area (Å²) in [6.45, 7) is 6.94. The molecule has 0 fully saturated rings. The Labute approximate surface area is 95.5 Å². The summed E-state index contributed by atoms with van der Waals surface area (Å²) in [5.74, 6) is -0.822. The van der Waals surface area contributed by atoms with Crippen LogP contribution in [0.4, 0.5) is 0 Å². The highest BCUT2D eigenvalue weighted by Gasteiger charge is 2.30. The molecule has 0 radical (unpaired) electrons. The summed E-state index contributed by atoms with van der Waals surface area (Å²) in [7, 11) is 0. The molecule has 1 aromatic heterocycles. The van der Waals surface area contributed by atoms with E-state index in [1.54, 1.807) is 19.4 Å². The molecule has 1 aromatic rings. The quantitative estimate of drug-likeness (QED) is 0.764. The van der Waals surface area contributed by atoms with Crippen molar-refractivity contribution in [1.82, 2.24) is 14.9 Å². The van der Waals surface area contributed by atoms with Crippen LogP contribution in [0.3, 0.4) is 0 Å². The summed E-state index contributed by atoms with van der Waals surface area (Å²) in [5, 5.41) is 12.2. The van der Waals surface area contributed by atoms with Crippen molar-refractivity contribution in [3.05, 3.63) is 18.2 Å². The highest BCUT2D eigenvalue weighted by atomic mass is 16.4. The van der Waals surface area contributed by atoms with Crippen molar-refractivity contribution < 1.29 is 9.90 Å². The lowest BCUT2D eigenvalue weighted by molar-refractivity contribution is -0.144. The van der Waals surface area contributed by atoms with E-state index in [2.05, 4.69) is 10.3 Å². The zero-order chi connectivity index (χ0) is 12.2. The Morgan fingerprint density at radius 3 is 2.81 bits per heavy atom. The van der Waals surface area contributed by atoms with Gasteiger partial charge < -0.3 is 9.67 Å². The van der Waals surface area contributed by atoms with E-state index in [0.29, 0.717) is 13.0 Å². The summed E-state index contributed by atoms with van der Waals surface area (Å²) in [4.78, 5) is 15.1. The van der Waals surface area contributed by atoms with Crippen LogP contribution in [0.5, 0.6) is 0 Å². The molecule has 1 atom stereocenters. The molecule has 0 aliphatic heterocycles. The number of hydrogen-bond acceptors (Lipinski definition) is 3. The average Bonchev–Trinajstić information content (AvgIpc) is 2.72. The second kappa shape index (κ2) is 5.12. The van der Waals surface area contributed by atoms with Gasteiger partial charge in [0.2, 0.25) is 0 Å². The van der Waals surface area contributed by atoms with Crippen molar-refractivity contribution in [3.8, 4) is 0 Å². The number of imidazole rings is 1. The minimum Gasteiger partial charge on any atom is -0.480 e. The van der Waals surface area contributed by atoms with Crippen LogP contribution < -0.4 is 5.32 Å². The maximum Gasteiger partial charge on any atom is 0.323 e. The van der Waals surface area contributed by atoms with E-state index < -0.39 is 11.5 Å². The van der Waals surface area contributed by atoms with Crippen molar-refractivity contribution in [1.29, 1.82) is 0 Å². The van der Waals surface area contributed by atoms with Crippen LogP contribution in [0.2, 0.25) is 0 Å². The molecular formula is C11H19N3O2. The summed E-state index contributed by atoms with van der Waals surface area (Å²) >= 11 is 0. The van der Waals surface area contributed by atoms with Crippen molar-refractivity contribution in [2.45, 2.75) is 45.8 Å². The Morgan fingerprint density at radius 1 is 1.62 bits per heavy atom. The van der Waals surface area contributed by atoms with E-state index >= 15 is 0 Å². The number of rotatable bonds is 6. The molecule has 0 amide bonds. The molecule has 0 aliphatic carbocycles. The third-order valence-electron chi connectivity index (χ3n) is 2.98. The fraction of sp³-hybridized carbons (Fsp3) is 0.636. The third-order valence-corrected chi connectivity index (χ3v) is 2.98. The van der Waals surface area contributed by atoms with E-state index in [9.17, 15) is 4.79 Å². The first-order valence-electron chi connectivity index (χ1n) is 5.51. The molecule has 1 heterocycles. The van der Waals surface area contributed by atoms with Gasteiger partial charge in [0.25, 0.3) is 0 Å². The molecule has 0 saturated heterocycles. The molecule has 0 aromatic carbocycles. The molecule has 0 spiro atoms. The predicted octanol–water partition coefficient (Wildman–Crippen LogP) is 1.25. The molecule has 2 N–H and O–H groups in total. The van der Waals surface area contributed by atoms with Crippen LogP contribution in [-0.2, 0) is 17.9 Å². The van der Waals surface area contributed by atoms with Gasteiger partial charge in [-0.25, -0.2) is 4.98 Å². The lowest BCUT2D eigenvalue weighted by Crippen LogP contribution is -2.48. The Bertz CT molecular complexity index is 362. The smallest absolute Gasteiger partial charge is 0.323 e. The van der Waals surface area contributed by atoms with Crippen LogP contribution >= 0.6 is 0 Å². The van der Waals surface area contributed by atoms with E-state index in [1.807, 2.05) is 18.4 Å². The average molecular weight is 225 g/mol. The van der Waals surface area contributed by atoms with Crippen LogP contribution in [0, 0.1) is 0 Å². The fourth-order valence-electron chi connectivity index (χ4n) is 1.42. The van der Waals surface area contributed by atoms with Crippen molar-refractivity contribution in [2.75, 3.05) is 0 Å². The standard InChI is InChI=1S/C11H19N3O2/c1-4-11(3,10(15)16)13-7-9-6-12-8-14(9)5-2/h6,8,13H,4-5,7H2,1-3H3,(H,15,16). The minimum absolute atomic E-state index is 0.518. The van der Waals surface area contributed by atoms with Gasteiger partial charge in [-0.3, -0.25) is 10.1 Å². The number of hydrogen-bond donors (Lipinski definition) is 2. The summed E-state index contributed by atoms with van der Waals surface area (Å²) in [5.41, 5.74) is 0.131. The Hall–Kier alpha value is -1.36. The topological polar surface area (TPSA) is 67.2 Å². The van der Waals surface area contributed by atoms with Crippen molar-refractivity contribution in [3.63, 3.8) is 0 Å². The normalized spacial score (nSPS) is 14.7. The second-order valence-corrected chi connectivity index (χ2v) is 4.02. The van der Waals surface area contributed by atoms with Crippen LogP contribution in [-0.4, -0.2) is 26.2 Å². The first-order valence-corrected chi connectivity index (χ1v) is 5.51. The van der Waals surface area contributed by atoms with E-state index in [4.69, 9.17) is 5.11 Å². The Kier molecular flexibility index (Phi) is 4.06.